The van der Waals surface area contributed by atoms with Crippen molar-refractivity contribution in [2.45, 2.75) is 24.8 Å². The molecule has 2 amide bonds. The molecule has 3 heterocycles. The molecule has 1 unspecified atom stereocenters. The van der Waals surface area contributed by atoms with E-state index in [4.69, 9.17) is 0 Å². The number of carbonyl (C=O) groups excluding carboxylic acids is 2. The molecule has 24 heavy (non-hydrogen) atoms. The van der Waals surface area contributed by atoms with Crippen molar-refractivity contribution in [3.05, 3.63) is 12.3 Å². The summed E-state index contributed by atoms with van der Waals surface area (Å²) in [6.45, 7) is 3.64. The Hall–Kier alpha value is -1.93. The van der Waals surface area contributed by atoms with E-state index < -0.39 is 0 Å². The van der Waals surface area contributed by atoms with Gasteiger partial charge in [0.2, 0.25) is 11.8 Å². The lowest BCUT2D eigenvalue weighted by atomic mass is 9.86. The van der Waals surface area contributed by atoms with Gasteiger partial charge in [0.05, 0.1) is 6.54 Å². The zero-order valence-electron chi connectivity index (χ0n) is 14.4. The van der Waals surface area contributed by atoms with E-state index in [1.165, 1.54) is 0 Å². The number of anilines is 1. The Balaban J connectivity index is 1.60. The average Bonchev–Trinajstić information content (AvgIpc) is 2.84. The van der Waals surface area contributed by atoms with E-state index in [-0.39, 0.29) is 17.4 Å². The third-order valence-corrected chi connectivity index (χ3v) is 5.16. The fourth-order valence-corrected chi connectivity index (χ4v) is 3.68. The topological polar surface area (TPSA) is 82.5 Å². The molecule has 0 aromatic carbocycles. The van der Waals surface area contributed by atoms with Gasteiger partial charge in [0.15, 0.2) is 5.82 Å². The number of hydrogen-bond acceptors (Lipinski definition) is 5. The third kappa shape index (κ3) is 3.76. The van der Waals surface area contributed by atoms with Crippen molar-refractivity contribution >= 4 is 17.6 Å². The first-order valence-corrected chi connectivity index (χ1v) is 8.47. The van der Waals surface area contributed by atoms with Crippen molar-refractivity contribution in [3.8, 4) is 0 Å². The summed E-state index contributed by atoms with van der Waals surface area (Å²) < 4.78 is 1.66. The van der Waals surface area contributed by atoms with Gasteiger partial charge in [0, 0.05) is 57.4 Å². The van der Waals surface area contributed by atoms with Crippen molar-refractivity contribution in [2.24, 2.45) is 7.05 Å². The second kappa shape index (κ2) is 6.90. The molecule has 2 aliphatic rings. The molecule has 2 N–H and O–H groups in total. The molecule has 1 atom stereocenters. The summed E-state index contributed by atoms with van der Waals surface area (Å²) in [7, 11) is 3.95. The molecule has 8 nitrogen and oxygen atoms in total. The van der Waals surface area contributed by atoms with Crippen LogP contribution in [0.2, 0.25) is 0 Å². The highest BCUT2D eigenvalue weighted by Gasteiger charge is 2.41. The monoisotopic (exact) mass is 334 g/mol. The van der Waals surface area contributed by atoms with Crippen LogP contribution in [0, 0.1) is 0 Å². The number of carbonyl (C=O) groups is 2. The maximum Gasteiger partial charge on any atom is 0.239 e. The molecule has 0 radical (unpaired) electrons. The number of piperazine rings is 1. The Morgan fingerprint density at radius 1 is 1.38 bits per heavy atom. The zero-order valence-corrected chi connectivity index (χ0v) is 14.4. The summed E-state index contributed by atoms with van der Waals surface area (Å²) in [5.41, 5.74) is -0.0251. The number of nitrogens with one attached hydrogen (secondary N) is 2. The van der Waals surface area contributed by atoms with Crippen molar-refractivity contribution in [1.82, 2.24) is 24.9 Å². The lowest BCUT2D eigenvalue weighted by Gasteiger charge is -2.49. The predicted molar refractivity (Wildman–Crippen MR) is 90.5 cm³/mol. The first-order valence-electron chi connectivity index (χ1n) is 8.47. The Morgan fingerprint density at radius 3 is 2.96 bits per heavy atom. The summed E-state index contributed by atoms with van der Waals surface area (Å²) in [5, 5.41) is 9.96. The highest BCUT2D eigenvalue weighted by Crippen LogP contribution is 2.30. The second-order valence-electron chi connectivity index (χ2n) is 6.88. The van der Waals surface area contributed by atoms with Crippen molar-refractivity contribution in [3.63, 3.8) is 0 Å². The molecule has 2 aliphatic heterocycles. The van der Waals surface area contributed by atoms with Gasteiger partial charge in [-0.3, -0.25) is 24.1 Å². The molecule has 1 aromatic rings. The van der Waals surface area contributed by atoms with Crippen LogP contribution in [0.5, 0.6) is 0 Å². The molecule has 132 valence electrons. The van der Waals surface area contributed by atoms with E-state index in [2.05, 4.69) is 32.6 Å². The van der Waals surface area contributed by atoms with Crippen LogP contribution in [0.1, 0.15) is 19.3 Å². The fraction of sp³-hybridized carbons (Fsp3) is 0.688. The van der Waals surface area contributed by atoms with E-state index in [1.807, 2.05) is 7.05 Å². The minimum Gasteiger partial charge on any atom is -0.356 e. The lowest BCUT2D eigenvalue weighted by molar-refractivity contribution is -0.121. The van der Waals surface area contributed by atoms with E-state index >= 15 is 0 Å². The molecule has 8 heteroatoms. The molecule has 0 aliphatic carbocycles. The van der Waals surface area contributed by atoms with E-state index in [0.29, 0.717) is 25.3 Å². The van der Waals surface area contributed by atoms with Gasteiger partial charge in [-0.1, -0.05) is 0 Å². The lowest BCUT2D eigenvalue weighted by Crippen LogP contribution is -2.61. The number of hydrogen-bond donors (Lipinski definition) is 2. The summed E-state index contributed by atoms with van der Waals surface area (Å²) in [5.74, 6) is 0.664. The summed E-state index contributed by atoms with van der Waals surface area (Å²) in [6, 6.07) is 1.78. The Kier molecular flexibility index (Phi) is 4.86. The maximum atomic E-state index is 12.3. The number of nitrogens with zero attached hydrogens (tertiary/aromatic N) is 4. The minimum absolute atomic E-state index is 0.0251. The van der Waals surface area contributed by atoms with Gasteiger partial charge < -0.3 is 10.6 Å². The summed E-state index contributed by atoms with van der Waals surface area (Å²) in [6.07, 6.45) is 4.12. The molecule has 2 fully saturated rings. The predicted octanol–water partition coefficient (Wildman–Crippen LogP) is -0.355. The van der Waals surface area contributed by atoms with Crippen LogP contribution < -0.4 is 10.6 Å². The fourth-order valence-electron chi connectivity index (χ4n) is 3.68. The Morgan fingerprint density at radius 2 is 2.21 bits per heavy atom. The highest BCUT2D eigenvalue weighted by molar-refractivity contribution is 5.91. The van der Waals surface area contributed by atoms with Crippen LogP contribution in [0.4, 0.5) is 5.82 Å². The van der Waals surface area contributed by atoms with Gasteiger partial charge >= 0.3 is 0 Å². The highest BCUT2D eigenvalue weighted by atomic mass is 16.2. The number of likely N-dealkylation sites (N-methyl/N-ethyl adjacent to an activating group) is 1. The summed E-state index contributed by atoms with van der Waals surface area (Å²) in [4.78, 5) is 28.5. The molecule has 0 bridgehead atoms. The number of rotatable bonds is 3. The van der Waals surface area contributed by atoms with Gasteiger partial charge in [-0.2, -0.15) is 5.10 Å². The molecule has 2 saturated heterocycles. The standard InChI is InChI=1S/C16H26N6O2/c1-20-9-10-22(11-15(24)18-13-4-8-21(2)19-13)12-16(20)5-3-14(23)17-7-6-16/h4,8H,3,5-7,9-12H2,1-2H3,(H,17,23)(H,18,19,24). The zero-order chi connectivity index (χ0) is 17.2. The quantitative estimate of drug-likeness (QED) is 0.789. The van der Waals surface area contributed by atoms with Crippen LogP contribution in [0.15, 0.2) is 12.3 Å². The maximum absolute atomic E-state index is 12.3. The number of aryl methyl sites for hydroxylation is 1. The van der Waals surface area contributed by atoms with Gasteiger partial charge in [0.1, 0.15) is 0 Å². The first kappa shape index (κ1) is 16.9. The van der Waals surface area contributed by atoms with Gasteiger partial charge in [-0.25, -0.2) is 0 Å². The van der Waals surface area contributed by atoms with Gasteiger partial charge in [0.25, 0.3) is 0 Å². The van der Waals surface area contributed by atoms with Crippen molar-refractivity contribution < 1.29 is 9.59 Å². The van der Waals surface area contributed by atoms with Crippen LogP contribution in [0.25, 0.3) is 0 Å². The summed E-state index contributed by atoms with van der Waals surface area (Å²) >= 11 is 0. The van der Waals surface area contributed by atoms with E-state index in [1.54, 1.807) is 16.9 Å². The van der Waals surface area contributed by atoms with E-state index in [9.17, 15) is 9.59 Å². The van der Waals surface area contributed by atoms with Gasteiger partial charge in [-0.15, -0.1) is 0 Å². The van der Waals surface area contributed by atoms with Crippen LogP contribution in [-0.4, -0.2) is 76.7 Å². The SMILES string of the molecule is CN1CCN(CC(=O)Nc2ccn(C)n2)CC12CCNC(=O)CC2. The van der Waals surface area contributed by atoms with Gasteiger partial charge in [-0.05, 0) is 19.9 Å². The third-order valence-electron chi connectivity index (χ3n) is 5.16. The smallest absolute Gasteiger partial charge is 0.239 e. The van der Waals surface area contributed by atoms with Crippen LogP contribution in [-0.2, 0) is 16.6 Å². The Labute approximate surface area is 142 Å². The molecule has 1 aromatic heterocycles. The normalized spacial score (nSPS) is 26.2. The first-order chi connectivity index (χ1) is 11.5. The number of aromatic nitrogens is 2. The molecule has 3 rings (SSSR count). The Bertz CT molecular complexity index is 615. The molecule has 0 saturated carbocycles. The average molecular weight is 334 g/mol. The van der Waals surface area contributed by atoms with Crippen molar-refractivity contribution in [2.75, 3.05) is 45.1 Å². The number of amides is 2. The molecule has 1 spiro atoms. The van der Waals surface area contributed by atoms with E-state index in [0.717, 1.165) is 32.5 Å². The van der Waals surface area contributed by atoms with Crippen molar-refractivity contribution in [1.29, 1.82) is 0 Å². The largest absolute Gasteiger partial charge is 0.356 e. The molecular weight excluding hydrogens is 308 g/mol. The van der Waals surface area contributed by atoms with Crippen LogP contribution >= 0.6 is 0 Å². The molecular formula is C16H26N6O2. The van der Waals surface area contributed by atoms with Crippen LogP contribution in [0.3, 0.4) is 0 Å². The minimum atomic E-state index is -0.0452. The second-order valence-corrected chi connectivity index (χ2v) is 6.88.